The summed E-state index contributed by atoms with van der Waals surface area (Å²) in [7, 11) is 10.2. The molecule has 4 nitrogen and oxygen atoms in total. The molecule has 0 N–H and O–H groups in total. The quantitative estimate of drug-likeness (QED) is 0.0517. The average Bonchev–Trinajstić information content (AvgIpc) is 3.76. The Balaban J connectivity index is 1.04. The summed E-state index contributed by atoms with van der Waals surface area (Å²) in [5.74, 6) is 2.72. The van der Waals surface area contributed by atoms with Gasteiger partial charge in [0.2, 0.25) is 0 Å². The molecule has 2 radical (unpaired) electrons. The highest BCUT2D eigenvalue weighted by molar-refractivity contribution is 9.41. The average molecular weight is 856 g/mol. The fourth-order valence-electron chi connectivity index (χ4n) is 7.02. The number of hydrogen-bond acceptors (Lipinski definition) is 12. The van der Waals surface area contributed by atoms with Crippen LogP contribution in [0.4, 0.5) is 0 Å². The molecule has 2 aromatic carbocycles. The molecule has 2 fully saturated rings. The highest BCUT2D eigenvalue weighted by Gasteiger charge is 2.34. The van der Waals surface area contributed by atoms with E-state index in [2.05, 4.69) is 74.7 Å². The zero-order valence-electron chi connectivity index (χ0n) is 29.5. The topological polar surface area (TPSA) is 44.2 Å². The molecule has 0 amide bonds. The number of fused-ring (bicyclic) bond motifs is 2. The monoisotopic (exact) mass is 854 g/mol. The summed E-state index contributed by atoms with van der Waals surface area (Å²) in [5.41, 5.74) is 2.82. The fraction of sp³-hybridized carbons (Fsp3) is 0.611. The van der Waals surface area contributed by atoms with Crippen molar-refractivity contribution in [2.45, 2.75) is 126 Å². The molecule has 50 heavy (non-hydrogen) atoms. The maximum atomic E-state index is 6.99. The second-order valence-corrected chi connectivity index (χ2v) is 31.1. The summed E-state index contributed by atoms with van der Waals surface area (Å²) >= 11 is 3.75. The first-order valence-corrected chi connectivity index (χ1v) is 32.6. The Morgan fingerprint density at radius 2 is 1.00 bits per heavy atom. The van der Waals surface area contributed by atoms with Crippen LogP contribution in [0, 0.1) is 0 Å². The Hall–Kier alpha value is 0.674. The highest BCUT2D eigenvalue weighted by Crippen LogP contribution is 2.54. The first-order chi connectivity index (χ1) is 24.5. The zero-order valence-corrected chi connectivity index (χ0v) is 38.1. The number of rotatable bonds is 19. The first kappa shape index (κ1) is 40.3. The van der Waals surface area contributed by atoms with Crippen LogP contribution in [0.1, 0.15) is 86.1 Å². The Morgan fingerprint density at radius 3 is 1.38 bits per heavy atom. The molecule has 4 atom stereocenters. The Bertz CT molecular complexity index is 1400. The van der Waals surface area contributed by atoms with Gasteiger partial charge in [0, 0.05) is 23.3 Å². The van der Waals surface area contributed by atoms with Crippen molar-refractivity contribution in [3.63, 3.8) is 0 Å². The predicted molar refractivity (Wildman–Crippen MR) is 238 cm³/mol. The van der Waals surface area contributed by atoms with Gasteiger partial charge in [-0.25, -0.2) is 9.97 Å². The summed E-state index contributed by atoms with van der Waals surface area (Å²) in [6.45, 7) is 9.73. The summed E-state index contributed by atoms with van der Waals surface area (Å²) < 4.78 is 16.6. The van der Waals surface area contributed by atoms with Crippen molar-refractivity contribution in [3.8, 4) is 0 Å². The molecule has 4 aromatic rings. The van der Waals surface area contributed by atoms with Gasteiger partial charge >= 0.3 is 0 Å². The van der Waals surface area contributed by atoms with Crippen LogP contribution in [-0.2, 0) is 9.47 Å². The predicted octanol–water partition coefficient (Wildman–Crippen LogP) is 13.8. The maximum Gasteiger partial charge on any atom is 0.100 e. The second kappa shape index (κ2) is 21.1. The van der Waals surface area contributed by atoms with Crippen LogP contribution in [0.3, 0.4) is 0 Å². The molecular formula is C36H50N2O2S8Si2. The lowest BCUT2D eigenvalue weighted by Crippen LogP contribution is -2.39. The van der Waals surface area contributed by atoms with Gasteiger partial charge in [-0.05, 0) is 89.3 Å². The molecule has 2 aliphatic rings. The second-order valence-electron chi connectivity index (χ2n) is 13.9. The van der Waals surface area contributed by atoms with Crippen LogP contribution in [0.5, 0.6) is 0 Å². The van der Waals surface area contributed by atoms with Crippen molar-refractivity contribution in [2.24, 2.45) is 0 Å². The van der Waals surface area contributed by atoms with Crippen LogP contribution in [-0.4, -0.2) is 62.7 Å². The lowest BCUT2D eigenvalue weighted by atomic mass is 9.98. The SMILES string of the molecule is C[Si](C)C(OC1CCCCC1)C(CSSSSSSCC(c1nc2ccccc2s1)C(OC1CCCCC1)[Si](C)C)c1nc2ccccc2s1. The van der Waals surface area contributed by atoms with E-state index in [4.69, 9.17) is 19.4 Å². The molecular weight excluding hydrogens is 805 g/mol. The van der Waals surface area contributed by atoms with Gasteiger partial charge in [0.1, 0.15) is 10.0 Å². The molecule has 14 heteroatoms. The lowest BCUT2D eigenvalue weighted by Gasteiger charge is -2.33. The summed E-state index contributed by atoms with van der Waals surface area (Å²) in [6, 6.07) is 17.2. The molecule has 272 valence electrons. The van der Waals surface area contributed by atoms with Crippen LogP contribution in [0.2, 0.25) is 26.2 Å². The zero-order chi connectivity index (χ0) is 34.7. The smallest absolute Gasteiger partial charge is 0.100 e. The number of benzene rings is 2. The number of aromatic nitrogens is 2. The molecule has 2 heterocycles. The molecule has 4 unspecified atom stereocenters. The molecule has 2 aliphatic carbocycles. The molecule has 0 spiro atoms. The number of para-hydroxylation sites is 2. The van der Waals surface area contributed by atoms with Gasteiger partial charge in [-0.2, -0.15) is 0 Å². The van der Waals surface area contributed by atoms with Crippen molar-refractivity contribution < 1.29 is 9.47 Å². The molecule has 6 rings (SSSR count). The molecule has 2 saturated carbocycles. The van der Waals surface area contributed by atoms with Crippen molar-refractivity contribution in [2.75, 3.05) is 11.5 Å². The van der Waals surface area contributed by atoms with Crippen LogP contribution in [0.25, 0.3) is 20.4 Å². The number of ether oxygens (including phenoxy) is 2. The third-order valence-corrected chi connectivity index (χ3v) is 26.2. The van der Waals surface area contributed by atoms with Gasteiger partial charge in [-0.1, -0.05) is 111 Å². The van der Waals surface area contributed by atoms with E-state index >= 15 is 0 Å². The number of nitrogens with zero attached hydrogens (tertiary/aromatic N) is 2. The number of thiazole rings is 2. The summed E-state index contributed by atoms with van der Waals surface area (Å²) in [6.07, 6.45) is 13.6. The van der Waals surface area contributed by atoms with Gasteiger partial charge in [0.25, 0.3) is 0 Å². The molecule has 2 aromatic heterocycles. The van der Waals surface area contributed by atoms with E-state index in [1.807, 2.05) is 83.6 Å². The summed E-state index contributed by atoms with van der Waals surface area (Å²) in [5, 5.41) is 2.51. The van der Waals surface area contributed by atoms with Crippen molar-refractivity contribution in [1.82, 2.24) is 9.97 Å². The van der Waals surface area contributed by atoms with Crippen molar-refractivity contribution >= 4 is 122 Å². The molecule has 0 saturated heterocycles. The normalized spacial score (nSPS) is 19.1. The van der Waals surface area contributed by atoms with Gasteiger partial charge in [0.05, 0.1) is 61.7 Å². The van der Waals surface area contributed by atoms with E-state index in [9.17, 15) is 0 Å². The minimum Gasteiger partial charge on any atom is -0.378 e. The number of hydrogen-bond donors (Lipinski definition) is 0. The summed E-state index contributed by atoms with van der Waals surface area (Å²) in [4.78, 5) is 10.3. The lowest BCUT2D eigenvalue weighted by molar-refractivity contribution is -0.00322. The molecule has 0 aliphatic heterocycles. The van der Waals surface area contributed by atoms with E-state index in [1.165, 1.54) is 83.6 Å². The van der Waals surface area contributed by atoms with Crippen LogP contribution in [0.15, 0.2) is 48.5 Å². The van der Waals surface area contributed by atoms with Crippen LogP contribution >= 0.6 is 83.6 Å². The van der Waals surface area contributed by atoms with Gasteiger partial charge in [-0.15, -0.1) is 22.7 Å². The van der Waals surface area contributed by atoms with Crippen molar-refractivity contribution in [3.05, 3.63) is 58.5 Å². The van der Waals surface area contributed by atoms with Crippen LogP contribution < -0.4 is 0 Å². The van der Waals surface area contributed by atoms with E-state index in [-0.39, 0.29) is 11.5 Å². The Morgan fingerprint density at radius 1 is 0.600 bits per heavy atom. The van der Waals surface area contributed by atoms with Gasteiger partial charge in [-0.3, -0.25) is 0 Å². The molecule has 0 bridgehead atoms. The minimum absolute atomic E-state index is 0.283. The Kier molecular flexibility index (Phi) is 17.0. The Labute approximate surface area is 334 Å². The van der Waals surface area contributed by atoms with Gasteiger partial charge in [0.15, 0.2) is 0 Å². The van der Waals surface area contributed by atoms with E-state index in [0.29, 0.717) is 24.0 Å². The third-order valence-electron chi connectivity index (χ3n) is 9.58. The first-order valence-electron chi connectivity index (χ1n) is 18.0. The minimum atomic E-state index is -0.680. The fourth-order valence-corrected chi connectivity index (χ4v) is 25.0. The highest BCUT2D eigenvalue weighted by atomic mass is 33.9. The maximum absolute atomic E-state index is 6.99. The van der Waals surface area contributed by atoms with E-state index < -0.39 is 17.6 Å². The standard InChI is InChI=1S/C36H50N2O2S8Si2/c1-49(2)35(39-25-15-7-5-8-16-25)27(33-37-29-19-11-13-21-31(29)43-33)23-41-45-47-48-46-42-24-28(34-38-30-20-12-14-22-32(30)44-34)36(50(3)4)40-26-17-9-6-10-18-26/h11-14,19-22,25-28,35-36H,5-10,15-18,23-24H2,1-4H3. The third kappa shape index (κ3) is 11.6. The van der Waals surface area contributed by atoms with E-state index in [1.54, 1.807) is 0 Å². The van der Waals surface area contributed by atoms with Crippen molar-refractivity contribution in [1.29, 1.82) is 0 Å². The van der Waals surface area contributed by atoms with Gasteiger partial charge < -0.3 is 9.47 Å². The van der Waals surface area contributed by atoms with E-state index in [0.717, 1.165) is 22.5 Å². The largest absolute Gasteiger partial charge is 0.378 e.